The minimum atomic E-state index is -1.79. The van der Waals surface area contributed by atoms with E-state index in [0.29, 0.717) is 12.8 Å². The molecule has 0 aromatic heterocycles. The van der Waals surface area contributed by atoms with Gasteiger partial charge in [-0.2, -0.15) is 0 Å². The molecular formula is C74H139NO13. The number of hydrogen-bond acceptors (Lipinski definition) is 13. The number of allylic oxidation sites excluding steroid dienone is 5. The number of aliphatic hydroxyl groups excluding tert-OH is 8. The molecule has 9 N–H and O–H groups in total. The molecule has 12 atom stereocenters. The second kappa shape index (κ2) is 59.0. The van der Waals surface area contributed by atoms with Gasteiger partial charge in [0.25, 0.3) is 0 Å². The number of nitrogens with one attached hydrogen (secondary N) is 1. The van der Waals surface area contributed by atoms with E-state index in [4.69, 9.17) is 18.9 Å². The quantitative estimate of drug-likeness (QED) is 0.0204. The highest BCUT2D eigenvalue weighted by Gasteiger charge is 2.51. The molecule has 14 nitrogen and oxygen atoms in total. The summed E-state index contributed by atoms with van der Waals surface area (Å²) in [5.41, 5.74) is 0. The Labute approximate surface area is 538 Å². The van der Waals surface area contributed by atoms with Crippen molar-refractivity contribution in [2.45, 2.75) is 408 Å². The minimum Gasteiger partial charge on any atom is -0.394 e. The van der Waals surface area contributed by atoms with E-state index in [1.807, 2.05) is 6.08 Å². The molecule has 12 unspecified atom stereocenters. The SMILES string of the molecule is CCCCCCCCCCC/C=C/CC/C=C/CC/C=C/C(O)C(COC1OC(CO)C(OC2OC(CO)C(O)C(O)C2O)C(O)C1O)NC(=O)CCCCCCCCCCCCCCCCCCCCCCCCCCCCCCCCCCCCC. The van der Waals surface area contributed by atoms with Crippen LogP contribution in [-0.4, -0.2) is 140 Å². The van der Waals surface area contributed by atoms with Crippen molar-refractivity contribution in [1.29, 1.82) is 0 Å². The highest BCUT2D eigenvalue weighted by atomic mass is 16.7. The maximum atomic E-state index is 13.3. The van der Waals surface area contributed by atoms with E-state index in [9.17, 15) is 45.6 Å². The molecule has 2 fully saturated rings. The monoisotopic (exact) mass is 1250 g/mol. The average Bonchev–Trinajstić information content (AvgIpc) is 1.47. The van der Waals surface area contributed by atoms with Gasteiger partial charge in [0.15, 0.2) is 12.6 Å². The lowest BCUT2D eigenvalue weighted by Gasteiger charge is -2.46. The van der Waals surface area contributed by atoms with Crippen molar-refractivity contribution >= 4 is 5.91 Å². The molecule has 0 aromatic carbocycles. The lowest BCUT2D eigenvalue weighted by Crippen LogP contribution is -2.65. The molecule has 0 aromatic rings. The van der Waals surface area contributed by atoms with E-state index < -0.39 is 86.8 Å². The third-order valence-electron chi connectivity index (χ3n) is 18.3. The van der Waals surface area contributed by atoms with E-state index in [0.717, 1.165) is 44.9 Å². The van der Waals surface area contributed by atoms with E-state index in [1.165, 1.54) is 257 Å². The van der Waals surface area contributed by atoms with E-state index >= 15 is 0 Å². The first kappa shape index (κ1) is 82.3. The van der Waals surface area contributed by atoms with Gasteiger partial charge in [-0.15, -0.1) is 0 Å². The molecular weight excluding hydrogens is 1110 g/mol. The van der Waals surface area contributed by atoms with Crippen LogP contribution in [0.25, 0.3) is 0 Å². The number of ether oxygens (including phenoxy) is 4. The Bertz CT molecular complexity index is 1620. The molecule has 518 valence electrons. The number of carbonyl (C=O) groups excluding carboxylic acids is 1. The van der Waals surface area contributed by atoms with Crippen LogP contribution in [0.1, 0.15) is 335 Å². The van der Waals surface area contributed by atoms with Crippen LogP contribution >= 0.6 is 0 Å². The van der Waals surface area contributed by atoms with Gasteiger partial charge in [-0.1, -0.05) is 320 Å². The molecule has 0 aliphatic carbocycles. The van der Waals surface area contributed by atoms with Crippen molar-refractivity contribution in [2.24, 2.45) is 0 Å². The first-order chi connectivity index (χ1) is 43.1. The van der Waals surface area contributed by atoms with Gasteiger partial charge in [-0.05, 0) is 44.9 Å². The van der Waals surface area contributed by atoms with Crippen LogP contribution in [0.3, 0.4) is 0 Å². The number of unbranched alkanes of at least 4 members (excludes halogenated alkanes) is 45. The topological polar surface area (TPSA) is 228 Å². The molecule has 0 spiro atoms. The second-order valence-corrected chi connectivity index (χ2v) is 26.4. The van der Waals surface area contributed by atoms with Crippen molar-refractivity contribution in [1.82, 2.24) is 5.32 Å². The lowest BCUT2D eigenvalue weighted by molar-refractivity contribution is -0.359. The molecule has 2 saturated heterocycles. The Balaban J connectivity index is 1.61. The number of rotatable bonds is 62. The van der Waals surface area contributed by atoms with Gasteiger partial charge in [-0.3, -0.25) is 4.79 Å². The Morgan fingerprint density at radius 1 is 0.398 bits per heavy atom. The molecule has 1 amide bonds. The molecule has 88 heavy (non-hydrogen) atoms. The second-order valence-electron chi connectivity index (χ2n) is 26.4. The van der Waals surface area contributed by atoms with Crippen molar-refractivity contribution in [3.63, 3.8) is 0 Å². The summed E-state index contributed by atoms with van der Waals surface area (Å²) in [7, 11) is 0. The zero-order chi connectivity index (χ0) is 63.8. The van der Waals surface area contributed by atoms with E-state index in [2.05, 4.69) is 43.5 Å². The zero-order valence-corrected chi connectivity index (χ0v) is 56.5. The number of amides is 1. The smallest absolute Gasteiger partial charge is 0.220 e. The normalized spacial score (nSPS) is 23.3. The number of carbonyl (C=O) groups is 1. The minimum absolute atomic E-state index is 0.247. The maximum absolute atomic E-state index is 13.3. The summed E-state index contributed by atoms with van der Waals surface area (Å²) in [6, 6.07) is -0.937. The summed E-state index contributed by atoms with van der Waals surface area (Å²) >= 11 is 0. The summed E-state index contributed by atoms with van der Waals surface area (Å²) in [6.45, 7) is 2.82. The molecule has 0 saturated carbocycles. The predicted molar refractivity (Wildman–Crippen MR) is 360 cm³/mol. The Kier molecular flexibility index (Phi) is 55.2. The van der Waals surface area contributed by atoms with Gasteiger partial charge in [0, 0.05) is 6.42 Å². The fourth-order valence-corrected chi connectivity index (χ4v) is 12.4. The summed E-state index contributed by atoms with van der Waals surface area (Å²) in [6.07, 6.45) is 59.5. The fraction of sp³-hybridized carbons (Fsp3) is 0.905. The summed E-state index contributed by atoms with van der Waals surface area (Å²) in [5, 5.41) is 87.4. The zero-order valence-electron chi connectivity index (χ0n) is 56.5. The summed E-state index contributed by atoms with van der Waals surface area (Å²) < 4.78 is 22.8. The molecule has 0 bridgehead atoms. The highest BCUT2D eigenvalue weighted by molar-refractivity contribution is 5.76. The van der Waals surface area contributed by atoms with Gasteiger partial charge < -0.3 is 65.1 Å². The fourth-order valence-electron chi connectivity index (χ4n) is 12.4. The highest BCUT2D eigenvalue weighted by Crippen LogP contribution is 2.30. The molecule has 2 aliphatic rings. The molecule has 2 heterocycles. The lowest BCUT2D eigenvalue weighted by atomic mass is 9.97. The molecule has 2 aliphatic heterocycles. The van der Waals surface area contributed by atoms with Gasteiger partial charge >= 0.3 is 0 Å². The van der Waals surface area contributed by atoms with Crippen LogP contribution in [0.15, 0.2) is 36.5 Å². The number of hydrogen-bond donors (Lipinski definition) is 9. The van der Waals surface area contributed by atoms with Gasteiger partial charge in [0.05, 0.1) is 32.0 Å². The van der Waals surface area contributed by atoms with Gasteiger partial charge in [0.1, 0.15) is 48.8 Å². The maximum Gasteiger partial charge on any atom is 0.220 e. The largest absolute Gasteiger partial charge is 0.394 e. The van der Waals surface area contributed by atoms with Crippen LogP contribution in [0.4, 0.5) is 0 Å². The van der Waals surface area contributed by atoms with Gasteiger partial charge in [0.2, 0.25) is 5.91 Å². The van der Waals surface area contributed by atoms with Crippen molar-refractivity contribution in [3.05, 3.63) is 36.5 Å². The average molecular weight is 1250 g/mol. The van der Waals surface area contributed by atoms with Crippen LogP contribution in [0.5, 0.6) is 0 Å². The first-order valence-electron chi connectivity index (χ1n) is 37.2. The van der Waals surface area contributed by atoms with Crippen LogP contribution < -0.4 is 5.32 Å². The van der Waals surface area contributed by atoms with Crippen LogP contribution in [0, 0.1) is 0 Å². The Morgan fingerprint density at radius 3 is 1.11 bits per heavy atom. The van der Waals surface area contributed by atoms with Crippen molar-refractivity contribution < 1.29 is 64.6 Å². The molecule has 14 heteroatoms. The van der Waals surface area contributed by atoms with Crippen molar-refractivity contribution in [3.8, 4) is 0 Å². The van der Waals surface area contributed by atoms with Crippen LogP contribution in [-0.2, 0) is 23.7 Å². The molecule has 2 rings (SSSR count). The third kappa shape index (κ3) is 42.4. The molecule has 0 radical (unpaired) electrons. The Hall–Kier alpha value is -1.79. The Morgan fingerprint density at radius 2 is 0.727 bits per heavy atom. The predicted octanol–water partition coefficient (Wildman–Crippen LogP) is 15.7. The third-order valence-corrected chi connectivity index (χ3v) is 18.3. The van der Waals surface area contributed by atoms with E-state index in [-0.39, 0.29) is 18.9 Å². The number of aliphatic hydroxyl groups is 8. The summed E-state index contributed by atoms with van der Waals surface area (Å²) in [4.78, 5) is 13.3. The van der Waals surface area contributed by atoms with Crippen molar-refractivity contribution in [2.75, 3.05) is 19.8 Å². The standard InChI is InChI=1S/C74H139NO13/c1-3-5-7-9-11-13-15-17-19-21-23-24-25-26-27-28-29-30-31-32-33-34-35-36-37-38-40-42-44-46-48-50-52-54-56-58-66(79)75-62(63(78)57-55-53-51-49-47-45-43-41-39-22-20-18-16-14-12-10-8-6-4-2)61-85-73-71(84)69(82)72(65(60-77)87-73)88-74-70(83)68(81)67(80)64(59-76)86-74/h39,41,47,49,55,57,62-65,67-74,76-78,80-84H,3-38,40,42-46,48,50-54,56,58-61H2,1-2H3,(H,75,79)/b41-39+,49-47+,57-55+. The van der Waals surface area contributed by atoms with Gasteiger partial charge in [-0.25, -0.2) is 0 Å². The summed E-state index contributed by atoms with van der Waals surface area (Å²) in [5.74, 6) is -0.247. The first-order valence-corrected chi connectivity index (χ1v) is 37.2. The van der Waals surface area contributed by atoms with E-state index in [1.54, 1.807) is 6.08 Å². The van der Waals surface area contributed by atoms with Crippen LogP contribution in [0.2, 0.25) is 0 Å².